The smallest absolute Gasteiger partial charge is 0.293 e. The van der Waals surface area contributed by atoms with Crippen LogP contribution in [0.4, 0.5) is 17.2 Å². The van der Waals surface area contributed by atoms with E-state index in [1.54, 1.807) is 29.5 Å². The second-order valence-corrected chi connectivity index (χ2v) is 13.4. The minimum atomic E-state index is -0.383. The van der Waals surface area contributed by atoms with Crippen LogP contribution in [0.2, 0.25) is 0 Å². The Hall–Kier alpha value is -4.28. The van der Waals surface area contributed by atoms with Gasteiger partial charge in [0.25, 0.3) is 11.5 Å². The molecule has 2 aliphatic heterocycles. The predicted octanol–water partition coefficient (Wildman–Crippen LogP) is 5.12. The number of nitrogens with one attached hydrogen (secondary N) is 2. The molecule has 2 aliphatic rings. The Morgan fingerprint density at radius 3 is 2.49 bits per heavy atom. The fourth-order valence-corrected chi connectivity index (χ4v) is 6.80. The van der Waals surface area contributed by atoms with Crippen LogP contribution >= 0.6 is 11.3 Å². The first kappa shape index (κ1) is 28.8. The number of rotatable bonds is 5. The van der Waals surface area contributed by atoms with Gasteiger partial charge < -0.3 is 25.0 Å². The summed E-state index contributed by atoms with van der Waals surface area (Å²) < 4.78 is 1.51. The summed E-state index contributed by atoms with van der Waals surface area (Å²) in [4.78, 5) is 49.5. The zero-order valence-electron chi connectivity index (χ0n) is 25.3. The van der Waals surface area contributed by atoms with Crippen LogP contribution in [-0.4, -0.2) is 46.4 Å². The van der Waals surface area contributed by atoms with Crippen LogP contribution in [0.25, 0.3) is 11.3 Å². The Balaban J connectivity index is 1.27. The van der Waals surface area contributed by atoms with Crippen molar-refractivity contribution in [2.24, 2.45) is 7.05 Å². The number of hydrogen-bond acceptors (Lipinski definition) is 7. The fourth-order valence-electron chi connectivity index (χ4n) is 5.62. The Bertz CT molecular complexity index is 1800. The molecule has 222 valence electrons. The average Bonchev–Trinajstić information content (AvgIpc) is 3.53. The zero-order chi connectivity index (χ0) is 30.6. The van der Waals surface area contributed by atoms with Gasteiger partial charge in [-0.3, -0.25) is 14.4 Å². The molecular weight excluding hydrogens is 560 g/mol. The normalized spacial score (nSPS) is 17.0. The largest absolute Gasteiger partial charge is 0.343 e. The summed E-state index contributed by atoms with van der Waals surface area (Å²) in [5.74, 6) is 0.249. The number of anilines is 3. The molecule has 6 rings (SSSR count). The highest BCUT2D eigenvalue weighted by Gasteiger charge is 2.34. The van der Waals surface area contributed by atoms with Crippen molar-refractivity contribution in [3.63, 3.8) is 0 Å². The molecule has 2 aromatic carbocycles. The van der Waals surface area contributed by atoms with E-state index in [2.05, 4.69) is 37.5 Å². The first-order valence-electron chi connectivity index (χ1n) is 14.4. The van der Waals surface area contributed by atoms with Gasteiger partial charge in [-0.05, 0) is 53.3 Å². The highest BCUT2D eigenvalue weighted by Crippen LogP contribution is 2.40. The molecule has 4 heterocycles. The van der Waals surface area contributed by atoms with E-state index in [0.29, 0.717) is 24.5 Å². The number of amides is 2. The Morgan fingerprint density at radius 1 is 1.05 bits per heavy atom. The van der Waals surface area contributed by atoms with E-state index in [1.165, 1.54) is 9.44 Å². The van der Waals surface area contributed by atoms with E-state index in [-0.39, 0.29) is 34.6 Å². The van der Waals surface area contributed by atoms with Crippen molar-refractivity contribution in [2.75, 3.05) is 30.4 Å². The number of nitrogens with zero attached hydrogens (tertiary/aromatic N) is 4. The molecule has 2 amide bonds. The SMILES string of the molecule is Cc1c(-c2cn(C)c(=O)c(Nc3ccc([C@@H]4NCCN(C)C4=O)cc3)n2)cccc1N1Cc2cc(C(C)(C)C)sc2C1=O. The molecular formula is C33H36N6O3S. The van der Waals surface area contributed by atoms with Gasteiger partial charge in [0.15, 0.2) is 5.82 Å². The number of carbonyl (C=O) groups is 2. The van der Waals surface area contributed by atoms with Crippen molar-refractivity contribution in [3.8, 4) is 11.3 Å². The van der Waals surface area contributed by atoms with Crippen LogP contribution in [0.15, 0.2) is 59.5 Å². The van der Waals surface area contributed by atoms with E-state index < -0.39 is 0 Å². The molecule has 2 N–H and O–H groups in total. The third-order valence-electron chi connectivity index (χ3n) is 8.18. The summed E-state index contributed by atoms with van der Waals surface area (Å²) >= 11 is 1.59. The molecule has 0 radical (unpaired) electrons. The van der Waals surface area contributed by atoms with E-state index >= 15 is 0 Å². The molecule has 1 fully saturated rings. The van der Waals surface area contributed by atoms with E-state index in [9.17, 15) is 14.4 Å². The highest BCUT2D eigenvalue weighted by molar-refractivity contribution is 7.14. The Labute approximate surface area is 255 Å². The van der Waals surface area contributed by atoms with Crippen molar-refractivity contribution in [3.05, 3.63) is 91.5 Å². The quantitative estimate of drug-likeness (QED) is 0.332. The van der Waals surface area contributed by atoms with Crippen LogP contribution in [0.1, 0.15) is 58.1 Å². The lowest BCUT2D eigenvalue weighted by molar-refractivity contribution is -0.134. The van der Waals surface area contributed by atoms with E-state index in [1.807, 2.05) is 61.3 Å². The fraction of sp³-hybridized carbons (Fsp3) is 0.333. The van der Waals surface area contributed by atoms with Gasteiger partial charge in [0.2, 0.25) is 5.91 Å². The molecule has 0 aliphatic carbocycles. The van der Waals surface area contributed by atoms with E-state index in [0.717, 1.165) is 39.4 Å². The monoisotopic (exact) mass is 596 g/mol. The minimum absolute atomic E-state index is 0.00131. The van der Waals surface area contributed by atoms with Gasteiger partial charge in [0, 0.05) is 55.2 Å². The average molecular weight is 597 g/mol. The Morgan fingerprint density at radius 2 is 1.79 bits per heavy atom. The first-order valence-corrected chi connectivity index (χ1v) is 15.2. The highest BCUT2D eigenvalue weighted by atomic mass is 32.1. The maximum Gasteiger partial charge on any atom is 0.293 e. The van der Waals surface area contributed by atoms with E-state index in [4.69, 9.17) is 4.98 Å². The number of likely N-dealkylation sites (N-methyl/N-ethyl adjacent to an activating group) is 1. The van der Waals surface area contributed by atoms with Gasteiger partial charge in [0.05, 0.1) is 17.1 Å². The van der Waals surface area contributed by atoms with Gasteiger partial charge in [-0.2, -0.15) is 0 Å². The maximum absolute atomic E-state index is 13.5. The maximum atomic E-state index is 13.5. The summed E-state index contributed by atoms with van der Waals surface area (Å²) in [5.41, 5.74) is 5.58. The topological polar surface area (TPSA) is 99.6 Å². The van der Waals surface area contributed by atoms with Crippen LogP contribution in [0.5, 0.6) is 0 Å². The summed E-state index contributed by atoms with van der Waals surface area (Å²) in [6.07, 6.45) is 1.72. The van der Waals surface area contributed by atoms with Crippen LogP contribution < -0.4 is 21.1 Å². The van der Waals surface area contributed by atoms with Crippen molar-refractivity contribution in [2.45, 2.75) is 45.7 Å². The Kier molecular flexibility index (Phi) is 7.22. The second kappa shape index (κ2) is 10.8. The molecule has 9 nitrogen and oxygen atoms in total. The number of hydrogen-bond donors (Lipinski definition) is 2. The standard InChI is InChI=1S/C33H36N6O3S/c1-19-23(8-7-9-25(19)39-17-21-16-26(33(2,3)4)43-28(21)31(39)41)24-18-38(6)32(42)29(36-24)35-22-12-10-20(11-13-22)27-30(40)37(5)15-14-34-27/h7-13,16,18,27,34H,14-15,17H2,1-6H3,(H,35,36)/t27-/m0/s1. The summed E-state index contributed by atoms with van der Waals surface area (Å²) in [6, 6.07) is 15.1. The van der Waals surface area contributed by atoms with Crippen molar-refractivity contribution >= 4 is 40.3 Å². The second-order valence-electron chi connectivity index (χ2n) is 12.3. The lowest BCUT2D eigenvalue weighted by Crippen LogP contribution is -2.48. The summed E-state index contributed by atoms with van der Waals surface area (Å²) in [6.45, 7) is 10.4. The van der Waals surface area contributed by atoms with Gasteiger partial charge in [-0.1, -0.05) is 45.0 Å². The number of carbonyl (C=O) groups excluding carboxylic acids is 2. The summed E-state index contributed by atoms with van der Waals surface area (Å²) in [5, 5.41) is 6.44. The predicted molar refractivity (Wildman–Crippen MR) is 171 cm³/mol. The number of piperazine rings is 1. The number of benzene rings is 2. The van der Waals surface area contributed by atoms with Crippen LogP contribution in [0.3, 0.4) is 0 Å². The molecule has 4 aromatic rings. The number of aryl methyl sites for hydroxylation is 1. The van der Waals surface area contributed by atoms with Gasteiger partial charge in [0.1, 0.15) is 6.04 Å². The van der Waals surface area contributed by atoms with Crippen molar-refractivity contribution in [1.82, 2.24) is 19.8 Å². The van der Waals surface area contributed by atoms with Gasteiger partial charge in [-0.25, -0.2) is 4.98 Å². The molecule has 0 bridgehead atoms. The third-order valence-corrected chi connectivity index (χ3v) is 9.78. The molecule has 0 spiro atoms. The third kappa shape index (κ3) is 5.25. The molecule has 1 atom stereocenters. The van der Waals surface area contributed by atoms with Crippen molar-refractivity contribution < 1.29 is 9.59 Å². The van der Waals surface area contributed by atoms with Gasteiger partial charge >= 0.3 is 0 Å². The molecule has 2 aromatic heterocycles. The number of aromatic nitrogens is 2. The molecule has 1 saturated heterocycles. The molecule has 0 unspecified atom stereocenters. The lowest BCUT2D eigenvalue weighted by Gasteiger charge is -2.30. The molecule has 10 heteroatoms. The van der Waals surface area contributed by atoms with Crippen LogP contribution in [0, 0.1) is 6.92 Å². The number of thiophene rings is 1. The zero-order valence-corrected chi connectivity index (χ0v) is 26.1. The first-order chi connectivity index (χ1) is 20.4. The lowest BCUT2D eigenvalue weighted by atomic mass is 9.94. The molecule has 43 heavy (non-hydrogen) atoms. The van der Waals surface area contributed by atoms with Crippen molar-refractivity contribution in [1.29, 1.82) is 0 Å². The minimum Gasteiger partial charge on any atom is -0.343 e. The number of fused-ring (bicyclic) bond motifs is 1. The van der Waals surface area contributed by atoms with Gasteiger partial charge in [-0.15, -0.1) is 11.3 Å². The summed E-state index contributed by atoms with van der Waals surface area (Å²) in [7, 11) is 3.51. The van der Waals surface area contributed by atoms with Crippen LogP contribution in [-0.2, 0) is 23.8 Å². The molecule has 0 saturated carbocycles.